The third kappa shape index (κ3) is 4.45. The van der Waals surface area contributed by atoms with Crippen molar-refractivity contribution in [1.29, 1.82) is 5.26 Å². The molecule has 0 bridgehead atoms. The van der Waals surface area contributed by atoms with Crippen molar-refractivity contribution in [2.24, 2.45) is 5.41 Å². The summed E-state index contributed by atoms with van der Waals surface area (Å²) in [6.07, 6.45) is 0. The maximum Gasteiger partial charge on any atom is 0.174 e. The van der Waals surface area contributed by atoms with Crippen LogP contribution in [0.15, 0.2) is 30.3 Å². The molecule has 0 unspecified atom stereocenters. The molecule has 0 saturated heterocycles. The molecule has 0 atom stereocenters. The fourth-order valence-corrected chi connectivity index (χ4v) is 3.70. The van der Waals surface area contributed by atoms with Gasteiger partial charge in [0.1, 0.15) is 23.4 Å². The lowest BCUT2D eigenvalue weighted by atomic mass is 9.96. The highest BCUT2D eigenvalue weighted by Crippen LogP contribution is 2.39. The van der Waals surface area contributed by atoms with Gasteiger partial charge in [-0.1, -0.05) is 13.8 Å². The van der Waals surface area contributed by atoms with Crippen LogP contribution in [0.1, 0.15) is 19.7 Å². The lowest BCUT2D eigenvalue weighted by Gasteiger charge is -2.22. The lowest BCUT2D eigenvalue weighted by molar-refractivity contribution is 0.0956. The number of aliphatic hydroxyl groups excluding tert-OH is 1. The smallest absolute Gasteiger partial charge is 0.174 e. The molecule has 2 heterocycles. The van der Waals surface area contributed by atoms with Gasteiger partial charge in [0.05, 0.1) is 35.5 Å². The van der Waals surface area contributed by atoms with Crippen molar-refractivity contribution < 1.29 is 19.0 Å². The zero-order valence-electron chi connectivity index (χ0n) is 19.5. The van der Waals surface area contributed by atoms with Crippen molar-refractivity contribution in [3.8, 4) is 28.8 Å². The number of H-pyrrole nitrogens is 1. The van der Waals surface area contributed by atoms with Gasteiger partial charge in [-0.3, -0.25) is 0 Å². The molecule has 4 rings (SSSR count). The first-order valence-electron chi connectivity index (χ1n) is 10.8. The minimum absolute atomic E-state index is 0.0383. The van der Waals surface area contributed by atoms with Gasteiger partial charge in [0.25, 0.3) is 0 Å². The number of aromatic nitrogens is 3. The largest absolute Gasteiger partial charge is 0.489 e. The monoisotopic (exact) mass is 463 g/mol. The molecule has 0 amide bonds. The van der Waals surface area contributed by atoms with Crippen molar-refractivity contribution in [1.82, 2.24) is 15.0 Å². The summed E-state index contributed by atoms with van der Waals surface area (Å²) in [5.41, 5.74) is 2.79. The van der Waals surface area contributed by atoms with E-state index in [9.17, 15) is 9.50 Å². The van der Waals surface area contributed by atoms with Gasteiger partial charge in [0.15, 0.2) is 18.1 Å². The van der Waals surface area contributed by atoms with Crippen LogP contribution in [0.3, 0.4) is 0 Å². The number of nitriles is 1. The molecule has 176 valence electrons. The van der Waals surface area contributed by atoms with E-state index in [2.05, 4.69) is 20.3 Å². The number of hydrogen-bond donors (Lipinski definition) is 3. The highest BCUT2D eigenvalue weighted by Gasteiger charge is 2.21. The summed E-state index contributed by atoms with van der Waals surface area (Å²) in [5.74, 6) is 0.992. The molecule has 3 N–H and O–H groups in total. The molecule has 0 aliphatic heterocycles. The van der Waals surface area contributed by atoms with E-state index in [1.807, 2.05) is 26.0 Å². The van der Waals surface area contributed by atoms with Gasteiger partial charge < -0.3 is 24.9 Å². The Hall–Kier alpha value is -3.90. The highest BCUT2D eigenvalue weighted by molar-refractivity contribution is 6.15. The number of benzene rings is 2. The van der Waals surface area contributed by atoms with Gasteiger partial charge in [-0.05, 0) is 37.3 Å². The molecule has 34 heavy (non-hydrogen) atoms. The molecule has 0 saturated carbocycles. The highest BCUT2D eigenvalue weighted by atomic mass is 19.1. The summed E-state index contributed by atoms with van der Waals surface area (Å²) in [5, 5.41) is 22.9. The summed E-state index contributed by atoms with van der Waals surface area (Å²) < 4.78 is 25.9. The summed E-state index contributed by atoms with van der Waals surface area (Å²) >= 11 is 0. The zero-order chi connectivity index (χ0) is 24.5. The molecule has 0 aliphatic rings. The third-order valence-electron chi connectivity index (χ3n) is 5.46. The van der Waals surface area contributed by atoms with Crippen LogP contribution in [0.5, 0.6) is 11.5 Å². The quantitative estimate of drug-likeness (QED) is 0.351. The Morgan fingerprint density at radius 1 is 1.18 bits per heavy atom. The number of hydrogen-bond acceptors (Lipinski definition) is 7. The second kappa shape index (κ2) is 9.15. The van der Waals surface area contributed by atoms with E-state index in [0.29, 0.717) is 50.7 Å². The van der Waals surface area contributed by atoms with Gasteiger partial charge in [-0.2, -0.15) is 5.26 Å². The Morgan fingerprint density at radius 3 is 2.68 bits per heavy atom. The average molecular weight is 464 g/mol. The van der Waals surface area contributed by atoms with E-state index >= 15 is 0 Å². The van der Waals surface area contributed by atoms with Gasteiger partial charge in [0.2, 0.25) is 0 Å². The van der Waals surface area contributed by atoms with E-state index in [1.54, 1.807) is 26.1 Å². The number of aromatic amines is 1. The molecule has 0 fully saturated rings. The standard InChI is InChI=1S/C25H26FN5O3/c1-14-29-22(21-17-10-16(26)11-18(28-4)23(17)31-24(21)30-14)15-5-6-19(20(9-15)33-8-7-27)34-13-25(2,3)12-32/h5-6,9-11,28,32H,8,12-13H2,1-4H3,(H,29,30,31). The molecule has 0 aliphatic carbocycles. The second-order valence-corrected chi connectivity index (χ2v) is 8.81. The Balaban J connectivity index is 1.88. The van der Waals surface area contributed by atoms with Gasteiger partial charge in [-0.25, -0.2) is 14.4 Å². The Labute approximate surface area is 196 Å². The van der Waals surface area contributed by atoms with Gasteiger partial charge >= 0.3 is 0 Å². The molecule has 0 spiro atoms. The molecule has 9 heteroatoms. The average Bonchev–Trinajstić information content (AvgIpc) is 3.18. The number of halogens is 1. The first-order valence-corrected chi connectivity index (χ1v) is 10.8. The number of ether oxygens (including phenoxy) is 2. The van der Waals surface area contributed by atoms with Crippen molar-refractivity contribution in [2.45, 2.75) is 20.8 Å². The van der Waals surface area contributed by atoms with Crippen molar-refractivity contribution >= 4 is 27.6 Å². The van der Waals surface area contributed by atoms with E-state index in [4.69, 9.17) is 14.7 Å². The zero-order valence-corrected chi connectivity index (χ0v) is 19.5. The van der Waals surface area contributed by atoms with Crippen LogP contribution in [0.4, 0.5) is 10.1 Å². The van der Waals surface area contributed by atoms with Crippen LogP contribution in [0.25, 0.3) is 33.2 Å². The van der Waals surface area contributed by atoms with Crippen LogP contribution in [0.2, 0.25) is 0 Å². The predicted molar refractivity (Wildman–Crippen MR) is 129 cm³/mol. The van der Waals surface area contributed by atoms with Crippen LogP contribution >= 0.6 is 0 Å². The van der Waals surface area contributed by atoms with E-state index < -0.39 is 5.41 Å². The van der Waals surface area contributed by atoms with Gasteiger partial charge in [-0.15, -0.1) is 0 Å². The van der Waals surface area contributed by atoms with Crippen molar-refractivity contribution in [2.75, 3.05) is 32.2 Å². The summed E-state index contributed by atoms with van der Waals surface area (Å²) in [4.78, 5) is 12.5. The van der Waals surface area contributed by atoms with Crippen LogP contribution in [-0.4, -0.2) is 46.9 Å². The SMILES string of the molecule is CNc1cc(F)cc2c1[nH]c1nc(C)nc(-c3ccc(OCC(C)(C)CO)c(OCC#N)c3)c12. The first-order chi connectivity index (χ1) is 16.3. The summed E-state index contributed by atoms with van der Waals surface area (Å²) in [6.45, 7) is 5.61. The second-order valence-electron chi connectivity index (χ2n) is 8.81. The maximum atomic E-state index is 14.4. The fraction of sp³-hybridized carbons (Fsp3) is 0.320. The number of fused-ring (bicyclic) bond motifs is 3. The summed E-state index contributed by atoms with van der Waals surface area (Å²) in [7, 11) is 1.73. The minimum Gasteiger partial charge on any atom is -0.489 e. The predicted octanol–water partition coefficient (Wildman–Crippen LogP) is 4.57. The van der Waals surface area contributed by atoms with Crippen LogP contribution in [-0.2, 0) is 0 Å². The van der Waals surface area contributed by atoms with E-state index in [-0.39, 0.29) is 25.6 Å². The van der Waals surface area contributed by atoms with Crippen molar-refractivity contribution in [3.63, 3.8) is 0 Å². The fourth-order valence-electron chi connectivity index (χ4n) is 3.70. The molecule has 8 nitrogen and oxygen atoms in total. The molecular formula is C25H26FN5O3. The normalized spacial score (nSPS) is 11.6. The number of aryl methyl sites for hydroxylation is 1. The molecule has 2 aromatic carbocycles. The molecular weight excluding hydrogens is 437 g/mol. The third-order valence-corrected chi connectivity index (χ3v) is 5.46. The van der Waals surface area contributed by atoms with Crippen molar-refractivity contribution in [3.05, 3.63) is 42.0 Å². The van der Waals surface area contributed by atoms with Crippen LogP contribution in [0, 0.1) is 29.5 Å². The Bertz CT molecular complexity index is 1410. The maximum absolute atomic E-state index is 14.4. The molecule has 2 aromatic heterocycles. The Morgan fingerprint density at radius 2 is 1.97 bits per heavy atom. The first kappa shape index (κ1) is 23.3. The summed E-state index contributed by atoms with van der Waals surface area (Å²) in [6, 6.07) is 10.2. The van der Waals surface area contributed by atoms with Crippen LogP contribution < -0.4 is 14.8 Å². The number of aliphatic hydroxyl groups is 1. The van der Waals surface area contributed by atoms with Gasteiger partial charge in [0, 0.05) is 23.4 Å². The minimum atomic E-state index is -0.444. The van der Waals surface area contributed by atoms with E-state index in [1.165, 1.54) is 12.1 Å². The number of nitrogens with one attached hydrogen (secondary N) is 2. The topological polar surface area (TPSA) is 116 Å². The number of nitrogens with zero attached hydrogens (tertiary/aromatic N) is 3. The molecule has 4 aromatic rings. The number of anilines is 1. The Kier molecular flexibility index (Phi) is 6.26. The number of rotatable bonds is 8. The lowest BCUT2D eigenvalue weighted by Crippen LogP contribution is -2.25. The molecule has 0 radical (unpaired) electrons. The van der Waals surface area contributed by atoms with E-state index in [0.717, 1.165) is 5.52 Å².